The van der Waals surface area contributed by atoms with Gasteiger partial charge in [0.2, 0.25) is 5.88 Å². The van der Waals surface area contributed by atoms with Gasteiger partial charge in [-0.1, -0.05) is 12.1 Å². The molecule has 1 N–H and O–H groups in total. The third kappa shape index (κ3) is 4.59. The average Bonchev–Trinajstić information content (AvgIpc) is 2.62. The van der Waals surface area contributed by atoms with Gasteiger partial charge in [0.15, 0.2) is 0 Å². The lowest BCUT2D eigenvalue weighted by Gasteiger charge is -2.35. The number of methoxy groups -OCH3 is 1. The first-order valence-corrected chi connectivity index (χ1v) is 8.82. The molecule has 1 fully saturated rings. The largest absolute Gasteiger partial charge is 0.480 e. The molecule has 0 spiro atoms. The first-order chi connectivity index (χ1) is 12.5. The molecular weight excluding hydrogens is 330 g/mol. The van der Waals surface area contributed by atoms with E-state index in [2.05, 4.69) is 29.0 Å². The monoisotopic (exact) mass is 355 g/mol. The number of hydrogen-bond acceptors (Lipinski definition) is 5. The van der Waals surface area contributed by atoms with Crippen LogP contribution in [0.5, 0.6) is 5.88 Å². The van der Waals surface area contributed by atoms with Gasteiger partial charge in [0.05, 0.1) is 19.3 Å². The van der Waals surface area contributed by atoms with Gasteiger partial charge in [-0.05, 0) is 43.7 Å². The summed E-state index contributed by atoms with van der Waals surface area (Å²) >= 11 is 0. The van der Waals surface area contributed by atoms with Gasteiger partial charge in [-0.3, -0.25) is 9.69 Å². The van der Waals surface area contributed by atoms with Crippen LogP contribution in [-0.2, 0) is 11.3 Å². The molecule has 1 aliphatic heterocycles. The fourth-order valence-corrected chi connectivity index (χ4v) is 3.28. The summed E-state index contributed by atoms with van der Waals surface area (Å²) in [5.74, 6) is 0.212. The Labute approximate surface area is 154 Å². The Kier molecular flexibility index (Phi) is 5.85. The van der Waals surface area contributed by atoms with E-state index >= 15 is 0 Å². The summed E-state index contributed by atoms with van der Waals surface area (Å²) in [6.45, 7) is 6.91. The average molecular weight is 355 g/mol. The van der Waals surface area contributed by atoms with Crippen molar-refractivity contribution in [2.24, 2.45) is 0 Å². The summed E-state index contributed by atoms with van der Waals surface area (Å²) in [6, 6.07) is 11.2. The summed E-state index contributed by atoms with van der Waals surface area (Å²) in [6.07, 6.45) is 2.12. The van der Waals surface area contributed by atoms with Crippen molar-refractivity contribution in [1.29, 1.82) is 0 Å². The van der Waals surface area contributed by atoms with Crippen LogP contribution in [0, 0.1) is 0 Å². The Balaban J connectivity index is 1.62. The number of nitrogens with one attached hydrogen (secondary N) is 1. The lowest BCUT2D eigenvalue weighted by atomic mass is 10.1. The third-order valence-electron chi connectivity index (χ3n) is 4.33. The van der Waals surface area contributed by atoms with Gasteiger partial charge in [-0.15, -0.1) is 0 Å². The fraction of sp³-hybridized carbons (Fsp3) is 0.400. The second kappa shape index (κ2) is 8.29. The van der Waals surface area contributed by atoms with Crippen LogP contribution < -0.4 is 10.1 Å². The topological polar surface area (TPSA) is 63.7 Å². The minimum absolute atomic E-state index is 0.184. The Morgan fingerprint density at radius 3 is 2.58 bits per heavy atom. The number of carbonyl (C=O) groups excluding carboxylic acids is 1. The molecule has 0 unspecified atom stereocenters. The molecule has 1 saturated heterocycles. The zero-order valence-electron chi connectivity index (χ0n) is 15.4. The Hall–Kier alpha value is -2.44. The summed E-state index contributed by atoms with van der Waals surface area (Å²) < 4.78 is 10.9. The molecular formula is C20H25N3O3. The number of hydrogen-bond donors (Lipinski definition) is 1. The summed E-state index contributed by atoms with van der Waals surface area (Å²) in [7, 11) is 1.53. The van der Waals surface area contributed by atoms with Crippen LogP contribution in [0.3, 0.4) is 0 Å². The van der Waals surface area contributed by atoms with Gasteiger partial charge in [0.1, 0.15) is 5.69 Å². The molecule has 2 heterocycles. The van der Waals surface area contributed by atoms with E-state index in [0.717, 1.165) is 19.6 Å². The molecule has 0 aliphatic carbocycles. The number of nitrogens with zero attached hydrogens (tertiary/aromatic N) is 2. The molecule has 26 heavy (non-hydrogen) atoms. The standard InChI is InChI=1S/C20H25N3O3/c1-14-11-23(12-15(2)26-14)13-16-6-8-17(9-7-16)19(24)22-18-5-4-10-21-20(18)25-3/h4-10,14-15H,11-13H2,1-3H3,(H,22,24)/t14-,15+. The summed E-state index contributed by atoms with van der Waals surface area (Å²) in [5, 5.41) is 2.84. The van der Waals surface area contributed by atoms with E-state index in [9.17, 15) is 4.79 Å². The lowest BCUT2D eigenvalue weighted by molar-refractivity contribution is -0.0704. The zero-order chi connectivity index (χ0) is 18.5. The van der Waals surface area contributed by atoms with Gasteiger partial charge >= 0.3 is 0 Å². The molecule has 6 nitrogen and oxygen atoms in total. The summed E-state index contributed by atoms with van der Waals surface area (Å²) in [4.78, 5) is 18.9. The highest BCUT2D eigenvalue weighted by atomic mass is 16.5. The van der Waals surface area contributed by atoms with E-state index < -0.39 is 0 Å². The second-order valence-electron chi connectivity index (χ2n) is 6.66. The van der Waals surface area contributed by atoms with Crippen LogP contribution in [0.4, 0.5) is 5.69 Å². The lowest BCUT2D eigenvalue weighted by Crippen LogP contribution is -2.44. The predicted octanol–water partition coefficient (Wildman–Crippen LogP) is 2.95. The highest BCUT2D eigenvalue weighted by Gasteiger charge is 2.22. The molecule has 1 aromatic heterocycles. The van der Waals surface area contributed by atoms with Crippen molar-refractivity contribution in [3.8, 4) is 5.88 Å². The predicted molar refractivity (Wildman–Crippen MR) is 100 cm³/mol. The maximum atomic E-state index is 12.4. The van der Waals surface area contributed by atoms with Crippen LogP contribution in [-0.4, -0.2) is 48.2 Å². The summed E-state index contributed by atoms with van der Waals surface area (Å²) in [5.41, 5.74) is 2.34. The van der Waals surface area contributed by atoms with Crippen LogP contribution in [0.15, 0.2) is 42.6 Å². The highest BCUT2D eigenvalue weighted by Crippen LogP contribution is 2.21. The van der Waals surface area contributed by atoms with Crippen molar-refractivity contribution < 1.29 is 14.3 Å². The molecule has 2 aromatic rings. The molecule has 138 valence electrons. The SMILES string of the molecule is COc1ncccc1NC(=O)c1ccc(CN2C[C@@H](C)O[C@@H](C)C2)cc1. The van der Waals surface area contributed by atoms with Gasteiger partial charge in [0.25, 0.3) is 5.91 Å². The van der Waals surface area contributed by atoms with E-state index in [1.54, 1.807) is 18.3 Å². The van der Waals surface area contributed by atoms with E-state index in [-0.39, 0.29) is 18.1 Å². The number of benzene rings is 1. The number of amides is 1. The molecule has 3 rings (SSSR count). The molecule has 0 radical (unpaired) electrons. The Morgan fingerprint density at radius 2 is 1.92 bits per heavy atom. The number of pyridine rings is 1. The van der Waals surface area contributed by atoms with E-state index in [1.807, 2.05) is 24.3 Å². The van der Waals surface area contributed by atoms with E-state index in [1.165, 1.54) is 12.7 Å². The first-order valence-electron chi connectivity index (χ1n) is 8.82. The van der Waals surface area contributed by atoms with E-state index in [0.29, 0.717) is 17.1 Å². The van der Waals surface area contributed by atoms with Crippen molar-refractivity contribution in [2.75, 3.05) is 25.5 Å². The van der Waals surface area contributed by atoms with Crippen molar-refractivity contribution in [3.05, 3.63) is 53.7 Å². The van der Waals surface area contributed by atoms with Gasteiger partial charge < -0.3 is 14.8 Å². The number of ether oxygens (including phenoxy) is 2. The van der Waals surface area contributed by atoms with E-state index in [4.69, 9.17) is 9.47 Å². The van der Waals surface area contributed by atoms with Gasteiger partial charge in [-0.25, -0.2) is 4.98 Å². The number of rotatable bonds is 5. The normalized spacial score (nSPS) is 20.6. The van der Waals surface area contributed by atoms with Crippen molar-refractivity contribution in [1.82, 2.24) is 9.88 Å². The van der Waals surface area contributed by atoms with Crippen LogP contribution >= 0.6 is 0 Å². The number of carbonyl (C=O) groups is 1. The molecule has 6 heteroatoms. The van der Waals surface area contributed by atoms with Crippen molar-refractivity contribution >= 4 is 11.6 Å². The quantitative estimate of drug-likeness (QED) is 0.893. The smallest absolute Gasteiger partial charge is 0.255 e. The molecule has 2 atom stereocenters. The third-order valence-corrected chi connectivity index (χ3v) is 4.33. The van der Waals surface area contributed by atoms with Crippen LogP contribution in [0.2, 0.25) is 0 Å². The maximum Gasteiger partial charge on any atom is 0.255 e. The number of anilines is 1. The van der Waals surface area contributed by atoms with Crippen LogP contribution in [0.1, 0.15) is 29.8 Å². The second-order valence-corrected chi connectivity index (χ2v) is 6.66. The van der Waals surface area contributed by atoms with Gasteiger partial charge in [-0.2, -0.15) is 0 Å². The minimum Gasteiger partial charge on any atom is -0.480 e. The Bertz CT molecular complexity index is 738. The molecule has 1 aromatic carbocycles. The van der Waals surface area contributed by atoms with Crippen LogP contribution in [0.25, 0.3) is 0 Å². The maximum absolute atomic E-state index is 12.4. The number of morpholine rings is 1. The zero-order valence-corrected chi connectivity index (χ0v) is 15.4. The fourth-order valence-electron chi connectivity index (χ4n) is 3.28. The van der Waals surface area contributed by atoms with Crippen molar-refractivity contribution in [2.45, 2.75) is 32.6 Å². The number of aromatic nitrogens is 1. The molecule has 0 saturated carbocycles. The minimum atomic E-state index is -0.184. The Morgan fingerprint density at radius 1 is 1.23 bits per heavy atom. The molecule has 0 bridgehead atoms. The van der Waals surface area contributed by atoms with Gasteiger partial charge in [0, 0.05) is 31.4 Å². The molecule has 1 amide bonds. The molecule has 1 aliphatic rings. The first kappa shape index (κ1) is 18.4. The van der Waals surface area contributed by atoms with Crippen molar-refractivity contribution in [3.63, 3.8) is 0 Å². The highest BCUT2D eigenvalue weighted by molar-refractivity contribution is 6.04.